The van der Waals surface area contributed by atoms with Crippen molar-refractivity contribution in [2.24, 2.45) is 0 Å². The average molecular weight is 417 g/mol. The van der Waals surface area contributed by atoms with E-state index in [0.717, 1.165) is 26.5 Å². The van der Waals surface area contributed by atoms with Crippen molar-refractivity contribution in [3.8, 4) is 0 Å². The minimum Gasteiger partial charge on any atom is -0.299 e. The van der Waals surface area contributed by atoms with E-state index >= 15 is 0 Å². The van der Waals surface area contributed by atoms with Crippen LogP contribution in [0.15, 0.2) is 33.5 Å². The highest BCUT2D eigenvalue weighted by Gasteiger charge is 2.39. The summed E-state index contributed by atoms with van der Waals surface area (Å²) in [7, 11) is -3.88. The molecule has 1 aromatic carbocycles. The summed E-state index contributed by atoms with van der Waals surface area (Å²) in [6.45, 7) is 2.23. The third-order valence-electron chi connectivity index (χ3n) is 3.83. The number of sulfonamides is 1. The third kappa shape index (κ3) is 4.05. The number of hydrogen-bond acceptors (Lipinski definition) is 7. The number of thioether (sulfide) groups is 1. The van der Waals surface area contributed by atoms with E-state index in [0.29, 0.717) is 18.0 Å². The van der Waals surface area contributed by atoms with E-state index < -0.39 is 27.8 Å². The maximum absolute atomic E-state index is 13.1. The highest BCUT2D eigenvalue weighted by Crippen LogP contribution is 2.29. The summed E-state index contributed by atoms with van der Waals surface area (Å²) in [5.41, 5.74) is 0. The maximum Gasteiger partial charge on any atom is 0.244 e. The number of carbonyl (C=O) groups excluding carboxylic acids is 1. The number of anilines is 1. The highest BCUT2D eigenvalue weighted by atomic mass is 32.2. The minimum absolute atomic E-state index is 0.0313. The molecule has 26 heavy (non-hydrogen) atoms. The predicted molar refractivity (Wildman–Crippen MR) is 98.3 cm³/mol. The lowest BCUT2D eigenvalue weighted by Crippen LogP contribution is -2.43. The normalized spacial score (nSPS) is 18.2. The summed E-state index contributed by atoms with van der Waals surface area (Å²) < 4.78 is 40.6. The number of hydrogen-bond donors (Lipinski definition) is 1. The van der Waals surface area contributed by atoms with Gasteiger partial charge >= 0.3 is 0 Å². The van der Waals surface area contributed by atoms with Gasteiger partial charge in [-0.1, -0.05) is 30.0 Å². The van der Waals surface area contributed by atoms with Gasteiger partial charge in [-0.25, -0.2) is 12.8 Å². The molecular weight excluding hydrogens is 399 g/mol. The molecule has 0 bridgehead atoms. The Labute approximate surface area is 159 Å². The van der Waals surface area contributed by atoms with E-state index in [1.807, 2.05) is 6.92 Å². The summed E-state index contributed by atoms with van der Waals surface area (Å²) in [6, 6.07) is 3.77. The molecule has 1 saturated heterocycles. The fourth-order valence-electron chi connectivity index (χ4n) is 2.66. The van der Waals surface area contributed by atoms with E-state index in [1.165, 1.54) is 35.2 Å². The molecule has 0 saturated carbocycles. The molecule has 0 spiro atoms. The average Bonchev–Trinajstić information content (AvgIpc) is 3.25. The van der Waals surface area contributed by atoms with Crippen molar-refractivity contribution < 1.29 is 17.6 Å². The smallest absolute Gasteiger partial charge is 0.244 e. The summed E-state index contributed by atoms with van der Waals surface area (Å²) in [4.78, 5) is 12.5. The van der Waals surface area contributed by atoms with Crippen molar-refractivity contribution in [3.05, 3.63) is 30.1 Å². The van der Waals surface area contributed by atoms with Crippen molar-refractivity contribution in [2.45, 2.75) is 35.0 Å². The van der Waals surface area contributed by atoms with Crippen LogP contribution in [0, 0.1) is 5.82 Å². The van der Waals surface area contributed by atoms with Gasteiger partial charge in [-0.2, -0.15) is 4.31 Å². The van der Waals surface area contributed by atoms with E-state index in [2.05, 4.69) is 15.5 Å². The van der Waals surface area contributed by atoms with Crippen LogP contribution < -0.4 is 5.32 Å². The standard InChI is InChI=1S/C15H17FN4O3S3/c1-2-24-15-19-18-14(25-15)17-13(21)12-4-3-9-20(12)26(22,23)11-7-5-10(16)6-8-11/h5-8,12H,2-4,9H2,1H3,(H,17,18,21)/t12-/m0/s1. The lowest BCUT2D eigenvalue weighted by Gasteiger charge is -2.22. The number of carbonyl (C=O) groups is 1. The second kappa shape index (κ2) is 7.99. The first-order chi connectivity index (χ1) is 12.4. The van der Waals surface area contributed by atoms with Gasteiger partial charge in [0.15, 0.2) is 4.34 Å². The fraction of sp³-hybridized carbons (Fsp3) is 0.400. The summed E-state index contributed by atoms with van der Waals surface area (Å²) in [6.07, 6.45) is 0.993. The Kier molecular flexibility index (Phi) is 5.90. The van der Waals surface area contributed by atoms with Gasteiger partial charge < -0.3 is 0 Å². The van der Waals surface area contributed by atoms with Gasteiger partial charge in [0, 0.05) is 6.54 Å². The van der Waals surface area contributed by atoms with Crippen molar-refractivity contribution in [2.75, 3.05) is 17.6 Å². The number of benzene rings is 1. The minimum atomic E-state index is -3.88. The summed E-state index contributed by atoms with van der Waals surface area (Å²) in [5, 5.41) is 10.9. The molecule has 1 amide bonds. The van der Waals surface area contributed by atoms with Gasteiger partial charge in [0.1, 0.15) is 11.9 Å². The first-order valence-corrected chi connectivity index (χ1v) is 11.2. The van der Waals surface area contributed by atoms with E-state index in [1.54, 1.807) is 0 Å². The van der Waals surface area contributed by atoms with Gasteiger partial charge in [-0.15, -0.1) is 10.2 Å². The Morgan fingerprint density at radius 3 is 2.81 bits per heavy atom. The van der Waals surface area contributed by atoms with Crippen molar-refractivity contribution in [3.63, 3.8) is 0 Å². The molecule has 0 radical (unpaired) electrons. The lowest BCUT2D eigenvalue weighted by atomic mass is 10.2. The first kappa shape index (κ1) is 19.2. The van der Waals surface area contributed by atoms with E-state index in [9.17, 15) is 17.6 Å². The highest BCUT2D eigenvalue weighted by molar-refractivity contribution is 8.01. The van der Waals surface area contributed by atoms with Gasteiger partial charge in [0.25, 0.3) is 0 Å². The first-order valence-electron chi connectivity index (χ1n) is 7.96. The van der Waals surface area contributed by atoms with Crippen molar-refractivity contribution >= 4 is 44.2 Å². The SMILES string of the molecule is CCSc1nnc(NC(=O)[C@@H]2CCCN2S(=O)(=O)c2ccc(F)cc2)s1. The van der Waals surface area contributed by atoms with Crippen molar-refractivity contribution in [1.82, 2.24) is 14.5 Å². The second-order valence-corrected chi connectivity index (χ2v) is 9.90. The van der Waals surface area contributed by atoms with Crippen LogP contribution >= 0.6 is 23.1 Å². The second-order valence-electron chi connectivity index (χ2n) is 5.52. The van der Waals surface area contributed by atoms with Crippen LogP contribution in [-0.4, -0.2) is 47.2 Å². The molecule has 140 valence electrons. The number of halogens is 1. The molecule has 11 heteroatoms. The molecule has 1 aliphatic rings. The predicted octanol–water partition coefficient (Wildman–Crippen LogP) is 2.58. The van der Waals surface area contributed by atoms with Gasteiger partial charge in [0.2, 0.25) is 21.1 Å². The number of nitrogens with one attached hydrogen (secondary N) is 1. The van der Waals surface area contributed by atoms with E-state index in [4.69, 9.17) is 0 Å². The monoisotopic (exact) mass is 416 g/mol. The number of rotatable bonds is 6. The Balaban J connectivity index is 1.76. The number of nitrogens with zero attached hydrogens (tertiary/aromatic N) is 3. The number of aromatic nitrogens is 2. The van der Waals surface area contributed by atoms with Crippen LogP contribution in [-0.2, 0) is 14.8 Å². The molecule has 1 fully saturated rings. The molecule has 0 unspecified atom stereocenters. The molecule has 1 aliphatic heterocycles. The van der Waals surface area contributed by atoms with Gasteiger partial charge in [-0.05, 0) is 42.9 Å². The Morgan fingerprint density at radius 2 is 2.12 bits per heavy atom. The van der Waals surface area contributed by atoms with Crippen LogP contribution in [0.4, 0.5) is 9.52 Å². The molecule has 7 nitrogen and oxygen atoms in total. The fourth-order valence-corrected chi connectivity index (χ4v) is 5.97. The van der Waals surface area contributed by atoms with E-state index in [-0.39, 0.29) is 11.4 Å². The van der Waals surface area contributed by atoms with Gasteiger partial charge in [0.05, 0.1) is 4.90 Å². The summed E-state index contributed by atoms with van der Waals surface area (Å²) >= 11 is 2.77. The zero-order chi connectivity index (χ0) is 18.7. The topological polar surface area (TPSA) is 92.3 Å². The Bertz CT molecular complexity index is 886. The lowest BCUT2D eigenvalue weighted by molar-refractivity contribution is -0.119. The molecule has 3 rings (SSSR count). The number of amides is 1. The third-order valence-corrected chi connectivity index (χ3v) is 7.61. The maximum atomic E-state index is 13.1. The molecule has 1 N–H and O–H groups in total. The zero-order valence-electron chi connectivity index (χ0n) is 13.9. The molecule has 1 atom stereocenters. The molecular formula is C15H17FN4O3S3. The van der Waals surface area contributed by atoms with Crippen LogP contribution in [0.2, 0.25) is 0 Å². The van der Waals surface area contributed by atoms with Crippen LogP contribution in [0.25, 0.3) is 0 Å². The molecule has 2 heterocycles. The summed E-state index contributed by atoms with van der Waals surface area (Å²) in [5.74, 6) is -0.108. The Morgan fingerprint density at radius 1 is 1.38 bits per heavy atom. The quantitative estimate of drug-likeness (QED) is 0.575. The molecule has 1 aromatic heterocycles. The zero-order valence-corrected chi connectivity index (χ0v) is 16.3. The van der Waals surface area contributed by atoms with Crippen LogP contribution in [0.1, 0.15) is 19.8 Å². The molecule has 0 aliphatic carbocycles. The largest absolute Gasteiger partial charge is 0.299 e. The molecule has 2 aromatic rings. The van der Waals surface area contributed by atoms with Crippen LogP contribution in [0.5, 0.6) is 0 Å². The van der Waals surface area contributed by atoms with Crippen molar-refractivity contribution in [1.29, 1.82) is 0 Å². The van der Waals surface area contributed by atoms with Gasteiger partial charge in [-0.3, -0.25) is 10.1 Å². The van der Waals surface area contributed by atoms with Crippen LogP contribution in [0.3, 0.4) is 0 Å². The Hall–Kier alpha value is -1.56.